The van der Waals surface area contributed by atoms with Gasteiger partial charge in [-0.25, -0.2) is 9.79 Å². The maximum atomic E-state index is 13.7. The van der Waals surface area contributed by atoms with Gasteiger partial charge in [0, 0.05) is 5.69 Å². The summed E-state index contributed by atoms with van der Waals surface area (Å²) in [5, 5.41) is 2.59. The van der Waals surface area contributed by atoms with Crippen LogP contribution in [0, 0.1) is 0 Å². The Kier molecular flexibility index (Phi) is 6.03. The number of esters is 1. The number of anilines is 1. The van der Waals surface area contributed by atoms with Gasteiger partial charge in [0.05, 0.1) is 17.9 Å². The first-order chi connectivity index (χ1) is 11.4. The summed E-state index contributed by atoms with van der Waals surface area (Å²) in [7, 11) is 0. The van der Waals surface area contributed by atoms with Gasteiger partial charge in [-0.1, -0.05) is 18.2 Å². The fourth-order valence-corrected chi connectivity index (χ4v) is 2.02. The maximum Gasteiger partial charge on any atom is 0.358 e. The summed E-state index contributed by atoms with van der Waals surface area (Å²) in [6.45, 7) is 1.97. The molecule has 0 spiro atoms. The van der Waals surface area contributed by atoms with Gasteiger partial charge in [-0.3, -0.25) is 0 Å². The minimum Gasteiger partial charge on any atom is -0.462 e. The van der Waals surface area contributed by atoms with Crippen molar-refractivity contribution in [2.45, 2.75) is 11.8 Å². The van der Waals surface area contributed by atoms with Crippen molar-refractivity contribution in [2.24, 2.45) is 4.99 Å². The Morgan fingerprint density at radius 2 is 1.79 bits per heavy atom. The molecular weight excluding hydrogens is 382 g/mol. The van der Waals surface area contributed by atoms with E-state index in [0.29, 0.717) is 11.3 Å². The van der Waals surface area contributed by atoms with Gasteiger partial charge >= 0.3 is 10.8 Å². The number of alkyl halides is 3. The number of nitrogens with zero attached hydrogens (tertiary/aromatic N) is 1. The average Bonchev–Trinajstić information content (AvgIpc) is 2.55. The molecule has 2 rings (SSSR count). The molecule has 0 unspecified atom stereocenters. The molecule has 24 heavy (non-hydrogen) atoms. The molecule has 1 N–H and O–H groups in total. The number of carbonyl (C=O) groups is 1. The van der Waals surface area contributed by atoms with Crippen molar-refractivity contribution >= 4 is 39.1 Å². The van der Waals surface area contributed by atoms with Crippen LogP contribution in [0.4, 0.5) is 20.2 Å². The van der Waals surface area contributed by atoms with E-state index < -0.39 is 16.6 Å². The molecular formula is C17H15BrF2N2O2. The zero-order chi connectivity index (χ0) is 17.6. The number of amidine groups is 1. The van der Waals surface area contributed by atoms with Gasteiger partial charge < -0.3 is 10.1 Å². The van der Waals surface area contributed by atoms with Crippen molar-refractivity contribution in [1.29, 1.82) is 0 Å². The van der Waals surface area contributed by atoms with Crippen LogP contribution in [0.25, 0.3) is 0 Å². The number of rotatable bonds is 5. The molecule has 0 aliphatic carbocycles. The first-order valence-electron chi connectivity index (χ1n) is 7.15. The number of para-hydroxylation sites is 1. The highest BCUT2D eigenvalue weighted by Gasteiger charge is 2.32. The van der Waals surface area contributed by atoms with Gasteiger partial charge in [0.2, 0.25) is 0 Å². The third-order valence-electron chi connectivity index (χ3n) is 2.92. The molecule has 0 fully saturated rings. The smallest absolute Gasteiger partial charge is 0.358 e. The lowest BCUT2D eigenvalue weighted by molar-refractivity contribution is 0.0526. The third kappa shape index (κ3) is 5.13. The van der Waals surface area contributed by atoms with Crippen LogP contribution < -0.4 is 5.32 Å². The summed E-state index contributed by atoms with van der Waals surface area (Å²) in [6, 6.07) is 14.4. The van der Waals surface area contributed by atoms with Crippen LogP contribution in [0.1, 0.15) is 17.3 Å². The van der Waals surface area contributed by atoms with Crippen molar-refractivity contribution in [3.05, 3.63) is 60.2 Å². The monoisotopic (exact) mass is 396 g/mol. The summed E-state index contributed by atoms with van der Waals surface area (Å²) in [6.07, 6.45) is 0. The van der Waals surface area contributed by atoms with Crippen LogP contribution >= 0.6 is 15.9 Å². The molecule has 7 heteroatoms. The Hall–Kier alpha value is -2.28. The van der Waals surface area contributed by atoms with E-state index in [0.717, 1.165) is 0 Å². The lowest BCUT2D eigenvalue weighted by atomic mass is 10.2. The molecule has 0 amide bonds. The fraction of sp³-hybridized carbons (Fsp3) is 0.176. The molecule has 4 nitrogen and oxygen atoms in total. The van der Waals surface area contributed by atoms with Crippen molar-refractivity contribution in [2.75, 3.05) is 11.9 Å². The SMILES string of the molecule is CCOC(=O)c1ccc(N=C(Nc2ccccc2)C(F)(F)Br)cc1. The van der Waals surface area contributed by atoms with E-state index in [4.69, 9.17) is 4.74 Å². The van der Waals surface area contributed by atoms with E-state index in [1.165, 1.54) is 24.3 Å². The Labute approximate surface area is 146 Å². The lowest BCUT2D eigenvalue weighted by Crippen LogP contribution is -2.28. The number of benzene rings is 2. The van der Waals surface area contributed by atoms with Gasteiger partial charge in [0.15, 0.2) is 5.84 Å². The Balaban J connectivity index is 2.25. The summed E-state index contributed by atoms with van der Waals surface area (Å²) in [5.41, 5.74) is 1.10. The molecule has 126 valence electrons. The molecule has 0 saturated heterocycles. The van der Waals surface area contributed by atoms with Crippen LogP contribution in [0.15, 0.2) is 59.6 Å². The van der Waals surface area contributed by atoms with Crippen molar-refractivity contribution in [1.82, 2.24) is 0 Å². The number of halogens is 3. The molecule has 0 bridgehead atoms. The summed E-state index contributed by atoms with van der Waals surface area (Å²) < 4.78 is 32.3. The molecule has 0 heterocycles. The minimum absolute atomic E-state index is 0.264. The first kappa shape index (κ1) is 18.1. The first-order valence-corrected chi connectivity index (χ1v) is 7.94. The van der Waals surface area contributed by atoms with Crippen molar-refractivity contribution in [3.8, 4) is 0 Å². The van der Waals surface area contributed by atoms with Gasteiger partial charge in [-0.2, -0.15) is 8.78 Å². The average molecular weight is 397 g/mol. The molecule has 0 aliphatic rings. The number of ether oxygens (including phenoxy) is 1. The van der Waals surface area contributed by atoms with Crippen LogP contribution in [0.3, 0.4) is 0 Å². The fourth-order valence-electron chi connectivity index (χ4n) is 1.84. The lowest BCUT2D eigenvalue weighted by Gasteiger charge is -2.14. The highest BCUT2D eigenvalue weighted by molar-refractivity contribution is 9.10. The van der Waals surface area contributed by atoms with Gasteiger partial charge in [-0.05, 0) is 59.3 Å². The third-order valence-corrected chi connectivity index (χ3v) is 3.30. The van der Waals surface area contributed by atoms with Crippen LogP contribution in [0.2, 0.25) is 0 Å². The molecule has 2 aromatic rings. The number of hydrogen-bond donors (Lipinski definition) is 1. The van der Waals surface area contributed by atoms with Gasteiger partial charge in [-0.15, -0.1) is 0 Å². The zero-order valence-corrected chi connectivity index (χ0v) is 14.4. The normalized spacial score (nSPS) is 11.9. The molecule has 0 saturated carbocycles. The summed E-state index contributed by atoms with van der Waals surface area (Å²) >= 11 is 2.32. The van der Waals surface area contributed by atoms with E-state index in [2.05, 4.69) is 26.2 Å². The molecule has 0 radical (unpaired) electrons. The Bertz CT molecular complexity index is 714. The quantitative estimate of drug-likeness (QED) is 0.335. The largest absolute Gasteiger partial charge is 0.462 e. The zero-order valence-electron chi connectivity index (χ0n) is 12.8. The van der Waals surface area contributed by atoms with E-state index in [1.807, 2.05) is 0 Å². The van der Waals surface area contributed by atoms with Crippen LogP contribution in [-0.4, -0.2) is 23.2 Å². The molecule has 0 aliphatic heterocycles. The number of hydrogen-bond acceptors (Lipinski definition) is 3. The van der Waals surface area contributed by atoms with E-state index in [-0.39, 0.29) is 12.3 Å². The van der Waals surface area contributed by atoms with Gasteiger partial charge in [0.25, 0.3) is 0 Å². The second kappa shape index (κ2) is 8.01. The standard InChI is InChI=1S/C17H15BrF2N2O2/c1-2-24-15(23)12-8-10-14(11-9-12)22-16(17(18,19)20)21-13-6-4-3-5-7-13/h3-11H,2H2,1H3,(H,21,22). The summed E-state index contributed by atoms with van der Waals surface area (Å²) in [4.78, 5) is 12.2. The Morgan fingerprint density at radius 3 is 2.33 bits per heavy atom. The number of carbonyl (C=O) groups excluding carboxylic acids is 1. The molecule has 0 atom stereocenters. The Morgan fingerprint density at radius 1 is 1.17 bits per heavy atom. The van der Waals surface area contributed by atoms with Crippen molar-refractivity contribution < 1.29 is 18.3 Å². The molecule has 0 aromatic heterocycles. The predicted octanol–water partition coefficient (Wildman–Crippen LogP) is 4.99. The van der Waals surface area contributed by atoms with Crippen LogP contribution in [0.5, 0.6) is 0 Å². The number of nitrogens with one attached hydrogen (secondary N) is 1. The maximum absolute atomic E-state index is 13.7. The summed E-state index contributed by atoms with van der Waals surface area (Å²) in [5.74, 6) is -1.03. The predicted molar refractivity (Wildman–Crippen MR) is 93.4 cm³/mol. The van der Waals surface area contributed by atoms with E-state index >= 15 is 0 Å². The highest BCUT2D eigenvalue weighted by Crippen LogP contribution is 2.27. The minimum atomic E-state index is -3.33. The number of aliphatic imine (C=N–C) groups is 1. The van der Waals surface area contributed by atoms with Crippen molar-refractivity contribution in [3.63, 3.8) is 0 Å². The topological polar surface area (TPSA) is 50.7 Å². The second-order valence-electron chi connectivity index (χ2n) is 4.72. The molecule has 2 aromatic carbocycles. The van der Waals surface area contributed by atoms with E-state index in [9.17, 15) is 13.6 Å². The van der Waals surface area contributed by atoms with Crippen LogP contribution in [-0.2, 0) is 4.74 Å². The van der Waals surface area contributed by atoms with Gasteiger partial charge in [0.1, 0.15) is 0 Å². The van der Waals surface area contributed by atoms with E-state index in [1.54, 1.807) is 37.3 Å². The highest BCUT2D eigenvalue weighted by atomic mass is 79.9. The second-order valence-corrected chi connectivity index (χ2v) is 5.71.